The summed E-state index contributed by atoms with van der Waals surface area (Å²) in [6.45, 7) is 2.90. The monoisotopic (exact) mass is 371 g/mol. The normalized spacial score (nSPS) is 16.7. The van der Waals surface area contributed by atoms with E-state index in [0.29, 0.717) is 19.6 Å². The van der Waals surface area contributed by atoms with Gasteiger partial charge in [0.1, 0.15) is 11.6 Å². The van der Waals surface area contributed by atoms with E-state index >= 15 is 0 Å². The summed E-state index contributed by atoms with van der Waals surface area (Å²) in [5, 5.41) is 11.1. The van der Waals surface area contributed by atoms with Gasteiger partial charge in [0, 0.05) is 10.8 Å². The molecule has 0 aliphatic carbocycles. The zero-order valence-electron chi connectivity index (χ0n) is 15.1. The summed E-state index contributed by atoms with van der Waals surface area (Å²) >= 11 is 0. The lowest BCUT2D eigenvalue weighted by atomic mass is 9.74. The fourth-order valence-electron chi connectivity index (χ4n) is 3.96. The molecule has 4 nitrogen and oxygen atoms in total. The van der Waals surface area contributed by atoms with Crippen molar-refractivity contribution in [1.82, 2.24) is 15.5 Å². The Kier molecular flexibility index (Phi) is 5.18. The molecule has 0 unspecified atom stereocenters. The van der Waals surface area contributed by atoms with Gasteiger partial charge < -0.3 is 10.1 Å². The van der Waals surface area contributed by atoms with Crippen molar-refractivity contribution in [3.05, 3.63) is 65.4 Å². The first-order chi connectivity index (χ1) is 13.2. The Morgan fingerprint density at radius 2 is 1.81 bits per heavy atom. The lowest BCUT2D eigenvalue weighted by molar-refractivity contribution is 0.0691. The molecule has 0 bridgehead atoms. The maximum atomic E-state index is 13.8. The van der Waals surface area contributed by atoms with Gasteiger partial charge in [-0.1, -0.05) is 12.1 Å². The largest absolute Gasteiger partial charge is 0.380 e. The minimum atomic E-state index is -0.264. The highest BCUT2D eigenvalue weighted by Gasteiger charge is 2.34. The number of aromatic amines is 1. The number of H-pyrrole nitrogens is 1. The Labute approximate surface area is 156 Å². The van der Waals surface area contributed by atoms with Crippen LogP contribution in [-0.4, -0.2) is 36.5 Å². The second kappa shape index (κ2) is 7.74. The van der Waals surface area contributed by atoms with E-state index in [0.717, 1.165) is 48.0 Å². The van der Waals surface area contributed by atoms with Crippen molar-refractivity contribution in [2.45, 2.75) is 24.7 Å². The second-order valence-electron chi connectivity index (χ2n) is 7.24. The Morgan fingerprint density at radius 1 is 1.04 bits per heavy atom. The van der Waals surface area contributed by atoms with Crippen LogP contribution in [0.3, 0.4) is 0 Å². The standard InChI is InChI=1S/C21H23F2N3O/c22-18-3-1-17(2-4-18)21(6-8-24-9-7-21)14-27-10-5-15-11-19(23)12-16-13-25-26-20(15)16/h1-4,11-13,24H,5-10,14H2,(H,25,26). The number of ether oxygens (including phenoxy) is 1. The molecular formula is C21H23F2N3O. The summed E-state index contributed by atoms with van der Waals surface area (Å²) in [5.74, 6) is -0.488. The fraction of sp³-hybridized carbons (Fsp3) is 0.381. The third-order valence-corrected chi connectivity index (χ3v) is 5.51. The molecule has 1 saturated heterocycles. The van der Waals surface area contributed by atoms with Crippen molar-refractivity contribution in [2.24, 2.45) is 0 Å². The van der Waals surface area contributed by atoms with Crippen LogP contribution in [0, 0.1) is 11.6 Å². The van der Waals surface area contributed by atoms with Crippen molar-refractivity contribution in [3.63, 3.8) is 0 Å². The fourth-order valence-corrected chi connectivity index (χ4v) is 3.96. The lowest BCUT2D eigenvalue weighted by Gasteiger charge is -2.38. The molecule has 0 saturated carbocycles. The van der Waals surface area contributed by atoms with E-state index in [4.69, 9.17) is 4.74 Å². The molecule has 27 heavy (non-hydrogen) atoms. The van der Waals surface area contributed by atoms with Gasteiger partial charge in [-0.25, -0.2) is 8.78 Å². The number of fused-ring (bicyclic) bond motifs is 1. The van der Waals surface area contributed by atoms with Crippen molar-refractivity contribution in [2.75, 3.05) is 26.3 Å². The van der Waals surface area contributed by atoms with E-state index in [1.54, 1.807) is 6.20 Å². The third kappa shape index (κ3) is 3.87. The molecule has 0 atom stereocenters. The van der Waals surface area contributed by atoms with Gasteiger partial charge in [-0.3, -0.25) is 5.10 Å². The summed E-state index contributed by atoms with van der Waals surface area (Å²) in [7, 11) is 0. The average Bonchev–Trinajstić information content (AvgIpc) is 3.15. The van der Waals surface area contributed by atoms with Crippen molar-refractivity contribution >= 4 is 10.9 Å². The third-order valence-electron chi connectivity index (χ3n) is 5.51. The Morgan fingerprint density at radius 3 is 2.59 bits per heavy atom. The predicted molar refractivity (Wildman–Crippen MR) is 101 cm³/mol. The van der Waals surface area contributed by atoms with Crippen molar-refractivity contribution < 1.29 is 13.5 Å². The maximum Gasteiger partial charge on any atom is 0.124 e. The second-order valence-corrected chi connectivity index (χ2v) is 7.24. The van der Waals surface area contributed by atoms with Crippen LogP contribution >= 0.6 is 0 Å². The van der Waals surface area contributed by atoms with Gasteiger partial charge in [-0.15, -0.1) is 0 Å². The van der Waals surface area contributed by atoms with E-state index in [1.165, 1.54) is 24.3 Å². The smallest absolute Gasteiger partial charge is 0.124 e. The maximum absolute atomic E-state index is 13.8. The van der Waals surface area contributed by atoms with Crippen LogP contribution in [0.1, 0.15) is 24.0 Å². The molecule has 0 amide bonds. The molecule has 2 heterocycles. The van der Waals surface area contributed by atoms with Crippen LogP contribution in [0.2, 0.25) is 0 Å². The van der Waals surface area contributed by atoms with E-state index < -0.39 is 0 Å². The van der Waals surface area contributed by atoms with E-state index in [2.05, 4.69) is 15.5 Å². The molecule has 6 heteroatoms. The van der Waals surface area contributed by atoms with Crippen molar-refractivity contribution in [3.8, 4) is 0 Å². The molecular weight excluding hydrogens is 348 g/mol. The molecule has 3 aromatic rings. The van der Waals surface area contributed by atoms with E-state index in [1.807, 2.05) is 12.1 Å². The number of aromatic nitrogens is 2. The van der Waals surface area contributed by atoms with Crippen LogP contribution in [0.4, 0.5) is 8.78 Å². The van der Waals surface area contributed by atoms with Crippen LogP contribution in [0.5, 0.6) is 0 Å². The molecule has 1 aliphatic heterocycles. The highest BCUT2D eigenvalue weighted by atomic mass is 19.1. The minimum absolute atomic E-state index is 0.107. The molecule has 142 valence electrons. The first-order valence-electron chi connectivity index (χ1n) is 9.32. The van der Waals surface area contributed by atoms with Crippen LogP contribution in [0.15, 0.2) is 42.6 Å². The molecule has 2 aromatic carbocycles. The molecule has 0 radical (unpaired) electrons. The number of benzene rings is 2. The van der Waals surface area contributed by atoms with Crippen LogP contribution < -0.4 is 5.32 Å². The first kappa shape index (κ1) is 18.1. The Hall–Kier alpha value is -2.31. The zero-order chi connectivity index (χ0) is 18.7. The molecule has 1 fully saturated rings. The van der Waals surface area contributed by atoms with Gasteiger partial charge in [0.05, 0.1) is 24.9 Å². The van der Waals surface area contributed by atoms with Gasteiger partial charge in [0.2, 0.25) is 0 Å². The van der Waals surface area contributed by atoms with Crippen LogP contribution in [0.25, 0.3) is 10.9 Å². The predicted octanol–water partition coefficient (Wildman–Crippen LogP) is 3.72. The number of halogens is 2. The van der Waals surface area contributed by atoms with Gasteiger partial charge in [0.25, 0.3) is 0 Å². The topological polar surface area (TPSA) is 49.9 Å². The number of nitrogens with one attached hydrogen (secondary N) is 2. The number of nitrogens with zero attached hydrogens (tertiary/aromatic N) is 1. The Bertz CT molecular complexity index is 901. The zero-order valence-corrected chi connectivity index (χ0v) is 15.1. The Balaban J connectivity index is 1.44. The molecule has 1 aliphatic rings. The van der Waals surface area contributed by atoms with Gasteiger partial charge in [-0.05, 0) is 67.7 Å². The van der Waals surface area contributed by atoms with Crippen molar-refractivity contribution in [1.29, 1.82) is 0 Å². The first-order valence-corrected chi connectivity index (χ1v) is 9.32. The molecule has 2 N–H and O–H groups in total. The van der Waals surface area contributed by atoms with Crippen LogP contribution in [-0.2, 0) is 16.6 Å². The highest BCUT2D eigenvalue weighted by Crippen LogP contribution is 2.34. The number of hydrogen-bond donors (Lipinski definition) is 2. The SMILES string of the molecule is Fc1ccc(C2(COCCc3cc(F)cc4cn[nH]c34)CCNCC2)cc1. The summed E-state index contributed by atoms with van der Waals surface area (Å²) in [6, 6.07) is 9.77. The number of piperidine rings is 1. The minimum Gasteiger partial charge on any atom is -0.380 e. The summed E-state index contributed by atoms with van der Waals surface area (Å²) in [4.78, 5) is 0. The lowest BCUT2D eigenvalue weighted by Crippen LogP contribution is -2.43. The van der Waals surface area contributed by atoms with E-state index in [9.17, 15) is 8.78 Å². The number of rotatable bonds is 6. The average molecular weight is 371 g/mol. The summed E-state index contributed by atoms with van der Waals surface area (Å²) in [6.07, 6.45) is 4.13. The molecule has 0 spiro atoms. The van der Waals surface area contributed by atoms with Gasteiger partial charge >= 0.3 is 0 Å². The quantitative estimate of drug-likeness (QED) is 0.650. The summed E-state index contributed by atoms with van der Waals surface area (Å²) in [5.41, 5.74) is 2.73. The number of hydrogen-bond acceptors (Lipinski definition) is 3. The highest BCUT2D eigenvalue weighted by molar-refractivity contribution is 5.81. The van der Waals surface area contributed by atoms with Gasteiger partial charge in [0.15, 0.2) is 0 Å². The van der Waals surface area contributed by atoms with E-state index in [-0.39, 0.29) is 17.0 Å². The summed E-state index contributed by atoms with van der Waals surface area (Å²) < 4.78 is 33.1. The van der Waals surface area contributed by atoms with Gasteiger partial charge in [-0.2, -0.15) is 5.10 Å². The molecule has 1 aromatic heterocycles. The molecule has 4 rings (SSSR count).